The molecular weight excluding hydrogens is 262 g/mol. The first-order chi connectivity index (χ1) is 9.60. The number of carboxylic acids is 1. The van der Waals surface area contributed by atoms with E-state index < -0.39 is 11.4 Å². The van der Waals surface area contributed by atoms with E-state index in [-0.39, 0.29) is 11.8 Å². The fourth-order valence-corrected chi connectivity index (χ4v) is 3.39. The molecule has 1 aliphatic heterocycles. The number of fused-ring (bicyclic) bond motifs is 1. The number of carbonyl (C=O) groups excluding carboxylic acids is 1. The molecule has 6 nitrogen and oxygen atoms in total. The lowest BCUT2D eigenvalue weighted by molar-refractivity contribution is -0.149. The van der Waals surface area contributed by atoms with E-state index in [2.05, 4.69) is 0 Å². The van der Waals surface area contributed by atoms with Crippen molar-refractivity contribution in [2.24, 2.45) is 11.3 Å². The van der Waals surface area contributed by atoms with Crippen molar-refractivity contribution in [3.63, 3.8) is 0 Å². The highest BCUT2D eigenvalue weighted by Gasteiger charge is 2.55. The topological polar surface area (TPSA) is 76.1 Å². The smallest absolute Gasteiger partial charge is 0.311 e. The van der Waals surface area contributed by atoms with E-state index in [0.29, 0.717) is 45.8 Å². The van der Waals surface area contributed by atoms with Crippen LogP contribution >= 0.6 is 0 Å². The summed E-state index contributed by atoms with van der Waals surface area (Å²) >= 11 is 0. The molecule has 1 amide bonds. The van der Waals surface area contributed by atoms with Gasteiger partial charge in [0.15, 0.2) is 0 Å². The number of hydrogen-bond acceptors (Lipinski definition) is 4. The molecule has 6 heteroatoms. The first-order valence-corrected chi connectivity index (χ1v) is 7.18. The molecule has 1 saturated carbocycles. The van der Waals surface area contributed by atoms with Gasteiger partial charge in [-0.25, -0.2) is 0 Å². The second-order valence-corrected chi connectivity index (χ2v) is 5.68. The third-order valence-corrected chi connectivity index (χ3v) is 4.54. The standard InChI is InChI=1S/C14H23NO5/c1-19-7-8-20-6-4-12(16)15-9-11-3-2-5-14(11,10-15)13(17)18/h11H,2-10H2,1H3,(H,17,18)/t11-,14+/m0/s1. The lowest BCUT2D eigenvalue weighted by Gasteiger charge is -2.23. The van der Waals surface area contributed by atoms with Crippen LogP contribution in [0.5, 0.6) is 0 Å². The second kappa shape index (κ2) is 6.54. The van der Waals surface area contributed by atoms with Gasteiger partial charge in [-0.15, -0.1) is 0 Å². The highest BCUT2D eigenvalue weighted by atomic mass is 16.5. The Hall–Kier alpha value is -1.14. The van der Waals surface area contributed by atoms with Crippen molar-refractivity contribution >= 4 is 11.9 Å². The molecule has 1 heterocycles. The summed E-state index contributed by atoms with van der Waals surface area (Å²) in [5.74, 6) is -0.623. The van der Waals surface area contributed by atoms with Crippen molar-refractivity contribution in [3.05, 3.63) is 0 Å². The zero-order valence-electron chi connectivity index (χ0n) is 12.0. The van der Waals surface area contributed by atoms with Gasteiger partial charge in [0.25, 0.3) is 0 Å². The number of carbonyl (C=O) groups is 2. The SMILES string of the molecule is COCCOCCC(=O)N1C[C@@H]2CCC[C@@]2(C(=O)O)C1. The predicted molar refractivity (Wildman–Crippen MR) is 71.3 cm³/mol. The average Bonchev–Trinajstić information content (AvgIpc) is 2.95. The van der Waals surface area contributed by atoms with E-state index >= 15 is 0 Å². The van der Waals surface area contributed by atoms with Gasteiger partial charge in [-0.2, -0.15) is 0 Å². The van der Waals surface area contributed by atoms with Crippen molar-refractivity contribution in [1.29, 1.82) is 0 Å². The Balaban J connectivity index is 1.80. The fraction of sp³-hybridized carbons (Fsp3) is 0.857. The number of likely N-dealkylation sites (tertiary alicyclic amines) is 1. The molecule has 1 saturated heterocycles. The zero-order valence-corrected chi connectivity index (χ0v) is 12.0. The Morgan fingerprint density at radius 1 is 1.35 bits per heavy atom. The third-order valence-electron chi connectivity index (χ3n) is 4.54. The maximum absolute atomic E-state index is 12.1. The highest BCUT2D eigenvalue weighted by molar-refractivity contribution is 5.81. The van der Waals surface area contributed by atoms with Crippen LogP contribution in [0, 0.1) is 11.3 Å². The molecule has 2 rings (SSSR count). The quantitative estimate of drug-likeness (QED) is 0.699. The average molecular weight is 285 g/mol. The number of amides is 1. The normalized spacial score (nSPS) is 28.6. The summed E-state index contributed by atoms with van der Waals surface area (Å²) in [6.07, 6.45) is 2.88. The molecule has 0 unspecified atom stereocenters. The maximum atomic E-state index is 12.1. The fourth-order valence-electron chi connectivity index (χ4n) is 3.39. The lowest BCUT2D eigenvalue weighted by atomic mass is 9.81. The van der Waals surface area contributed by atoms with Gasteiger partial charge in [0.2, 0.25) is 5.91 Å². The summed E-state index contributed by atoms with van der Waals surface area (Å²) in [5.41, 5.74) is -0.688. The predicted octanol–water partition coefficient (Wildman–Crippen LogP) is 0.753. The summed E-state index contributed by atoms with van der Waals surface area (Å²) in [6, 6.07) is 0. The van der Waals surface area contributed by atoms with Gasteiger partial charge in [-0.3, -0.25) is 9.59 Å². The van der Waals surface area contributed by atoms with Crippen LogP contribution in [-0.2, 0) is 19.1 Å². The number of carboxylic acid groups (broad SMARTS) is 1. The Morgan fingerprint density at radius 3 is 2.80 bits per heavy atom. The molecule has 2 aliphatic rings. The molecule has 0 spiro atoms. The molecule has 1 N–H and O–H groups in total. The summed E-state index contributed by atoms with van der Waals surface area (Å²) < 4.78 is 10.1. The third kappa shape index (κ3) is 2.96. The van der Waals surface area contributed by atoms with E-state index in [1.54, 1.807) is 12.0 Å². The van der Waals surface area contributed by atoms with Crippen LogP contribution in [0.15, 0.2) is 0 Å². The molecule has 2 fully saturated rings. The van der Waals surface area contributed by atoms with Crippen molar-refractivity contribution in [3.8, 4) is 0 Å². The molecule has 20 heavy (non-hydrogen) atoms. The first kappa shape index (κ1) is 15.3. The maximum Gasteiger partial charge on any atom is 0.311 e. The van der Waals surface area contributed by atoms with Gasteiger partial charge in [0.05, 0.1) is 31.7 Å². The minimum Gasteiger partial charge on any atom is -0.481 e. The van der Waals surface area contributed by atoms with Crippen LogP contribution in [0.3, 0.4) is 0 Å². The minimum absolute atomic E-state index is 0.00237. The van der Waals surface area contributed by atoms with Crippen molar-refractivity contribution in [2.75, 3.05) is 40.0 Å². The first-order valence-electron chi connectivity index (χ1n) is 7.18. The Morgan fingerprint density at radius 2 is 2.15 bits per heavy atom. The Bertz CT molecular complexity index is 373. The van der Waals surface area contributed by atoms with Crippen LogP contribution in [0.25, 0.3) is 0 Å². The van der Waals surface area contributed by atoms with Crippen LogP contribution in [-0.4, -0.2) is 61.9 Å². The second-order valence-electron chi connectivity index (χ2n) is 5.68. The molecule has 2 atom stereocenters. The number of hydrogen-bond donors (Lipinski definition) is 1. The molecule has 114 valence electrons. The van der Waals surface area contributed by atoms with Gasteiger partial charge < -0.3 is 19.5 Å². The van der Waals surface area contributed by atoms with Crippen LogP contribution < -0.4 is 0 Å². The van der Waals surface area contributed by atoms with Crippen molar-refractivity contribution in [2.45, 2.75) is 25.7 Å². The number of rotatable bonds is 7. The molecule has 0 aromatic rings. The van der Waals surface area contributed by atoms with E-state index in [4.69, 9.17) is 9.47 Å². The number of ether oxygens (including phenoxy) is 2. The van der Waals surface area contributed by atoms with Crippen molar-refractivity contribution in [1.82, 2.24) is 4.90 Å². The monoisotopic (exact) mass is 285 g/mol. The molecule has 0 aromatic heterocycles. The summed E-state index contributed by atoms with van der Waals surface area (Å²) in [5, 5.41) is 9.47. The van der Waals surface area contributed by atoms with Crippen LogP contribution in [0.4, 0.5) is 0 Å². The van der Waals surface area contributed by atoms with Crippen LogP contribution in [0.1, 0.15) is 25.7 Å². The van der Waals surface area contributed by atoms with Gasteiger partial charge in [-0.05, 0) is 18.8 Å². The number of aliphatic carboxylic acids is 1. The van der Waals surface area contributed by atoms with Crippen molar-refractivity contribution < 1.29 is 24.2 Å². The molecule has 0 aromatic carbocycles. The summed E-state index contributed by atoms with van der Waals surface area (Å²) in [7, 11) is 1.60. The van der Waals surface area contributed by atoms with Gasteiger partial charge >= 0.3 is 5.97 Å². The zero-order chi connectivity index (χ0) is 14.6. The molecular formula is C14H23NO5. The molecule has 0 bridgehead atoms. The largest absolute Gasteiger partial charge is 0.481 e. The van der Waals surface area contributed by atoms with Crippen LogP contribution in [0.2, 0.25) is 0 Å². The Labute approximate surface area is 119 Å². The number of nitrogens with zero attached hydrogens (tertiary/aromatic N) is 1. The summed E-state index contributed by atoms with van der Waals surface area (Å²) in [6.45, 7) is 2.31. The molecule has 1 aliphatic carbocycles. The lowest BCUT2D eigenvalue weighted by Crippen LogP contribution is -2.37. The van der Waals surface area contributed by atoms with E-state index in [9.17, 15) is 14.7 Å². The summed E-state index contributed by atoms with van der Waals surface area (Å²) in [4.78, 5) is 25.3. The van der Waals surface area contributed by atoms with Gasteiger partial charge in [-0.1, -0.05) is 6.42 Å². The molecule has 0 radical (unpaired) electrons. The van der Waals surface area contributed by atoms with E-state index in [1.807, 2.05) is 0 Å². The van der Waals surface area contributed by atoms with E-state index in [1.165, 1.54) is 0 Å². The van der Waals surface area contributed by atoms with E-state index in [0.717, 1.165) is 12.8 Å². The van der Waals surface area contributed by atoms with Gasteiger partial charge in [0, 0.05) is 20.2 Å². The number of methoxy groups -OCH3 is 1. The minimum atomic E-state index is -0.744. The van der Waals surface area contributed by atoms with Gasteiger partial charge in [0.1, 0.15) is 0 Å². The Kier molecular flexibility index (Phi) is 4.99. The highest BCUT2D eigenvalue weighted by Crippen LogP contribution is 2.48.